The van der Waals surface area contributed by atoms with Crippen LogP contribution in [0.5, 0.6) is 0 Å². The maximum atomic E-state index is 13.8. The molecular formula is C44H70O12. The number of esters is 1. The van der Waals surface area contributed by atoms with E-state index in [0.717, 1.165) is 11.1 Å². The molecule has 2 saturated heterocycles. The van der Waals surface area contributed by atoms with Crippen molar-refractivity contribution in [2.75, 3.05) is 21.3 Å². The summed E-state index contributed by atoms with van der Waals surface area (Å²) in [7, 11) is 4.44. The van der Waals surface area contributed by atoms with Crippen LogP contribution in [0.1, 0.15) is 81.6 Å². The molecule has 12 nitrogen and oxygen atoms in total. The van der Waals surface area contributed by atoms with Crippen molar-refractivity contribution in [2.45, 2.75) is 149 Å². The minimum atomic E-state index is -1.38. The van der Waals surface area contributed by atoms with E-state index in [1.54, 1.807) is 26.0 Å². The standard InChI is InChI=1S/C44H70O12/c1-13-14-15-18-34-29(6)37(54-38-23-33(45)41(48)32(9)53-38)24-44(52-12,56-34)31(8)40(47)30(7)42-35(50-10)19-16-17-25(2)20-27(4)39(46)28(5)21-26(3)22-36(51-11)43(49)55-42/h13-19,21-22,27-35,37-42,45-48H,20,23-24H2,1-12H3/b14-13+,18-15+,19-16-,25-17+,26-21+,36-22+. The van der Waals surface area contributed by atoms with Gasteiger partial charge in [0.2, 0.25) is 5.76 Å². The van der Waals surface area contributed by atoms with Gasteiger partial charge in [0.05, 0.1) is 43.7 Å². The molecule has 0 amide bonds. The number of hydrogen-bond donors (Lipinski definition) is 4. The average molecular weight is 791 g/mol. The number of carbonyl (C=O) groups excluding carboxylic acids is 1. The first-order chi connectivity index (χ1) is 26.4. The predicted molar refractivity (Wildman–Crippen MR) is 214 cm³/mol. The van der Waals surface area contributed by atoms with Crippen molar-refractivity contribution >= 4 is 5.97 Å². The molecule has 12 heteroatoms. The Morgan fingerprint density at radius 3 is 2.32 bits per heavy atom. The molecule has 0 bridgehead atoms. The van der Waals surface area contributed by atoms with Gasteiger partial charge in [0.15, 0.2) is 12.1 Å². The van der Waals surface area contributed by atoms with Crippen molar-refractivity contribution in [2.24, 2.45) is 29.6 Å². The number of ether oxygens (including phenoxy) is 7. The Morgan fingerprint density at radius 1 is 1.02 bits per heavy atom. The molecule has 0 aromatic carbocycles. The zero-order valence-corrected chi connectivity index (χ0v) is 35.5. The molecule has 0 aliphatic carbocycles. The van der Waals surface area contributed by atoms with E-state index < -0.39 is 84.8 Å². The maximum Gasteiger partial charge on any atom is 0.373 e. The molecule has 16 atom stereocenters. The van der Waals surface area contributed by atoms with Crippen molar-refractivity contribution in [3.8, 4) is 0 Å². The lowest BCUT2D eigenvalue weighted by molar-refractivity contribution is -0.346. The van der Waals surface area contributed by atoms with Crippen LogP contribution >= 0.6 is 0 Å². The summed E-state index contributed by atoms with van der Waals surface area (Å²) >= 11 is 0. The van der Waals surface area contributed by atoms with Crippen molar-refractivity contribution in [3.63, 3.8) is 0 Å². The minimum Gasteiger partial charge on any atom is -0.490 e. The number of allylic oxidation sites excluding steroid dienone is 8. The van der Waals surface area contributed by atoms with Gasteiger partial charge in [-0.05, 0) is 46.1 Å². The van der Waals surface area contributed by atoms with Gasteiger partial charge in [-0.2, -0.15) is 0 Å². The molecule has 4 N–H and O–H groups in total. The monoisotopic (exact) mass is 790 g/mol. The van der Waals surface area contributed by atoms with E-state index >= 15 is 0 Å². The van der Waals surface area contributed by atoms with Crippen molar-refractivity contribution < 1.29 is 58.4 Å². The van der Waals surface area contributed by atoms with E-state index in [1.165, 1.54) is 21.3 Å². The van der Waals surface area contributed by atoms with E-state index in [2.05, 4.69) is 0 Å². The number of aliphatic hydroxyl groups excluding tert-OH is 4. The van der Waals surface area contributed by atoms with E-state index in [0.29, 0.717) is 6.42 Å². The predicted octanol–water partition coefficient (Wildman–Crippen LogP) is 5.70. The summed E-state index contributed by atoms with van der Waals surface area (Å²) in [6.45, 7) is 17.0. The van der Waals surface area contributed by atoms with Gasteiger partial charge < -0.3 is 53.6 Å². The molecule has 0 spiro atoms. The highest BCUT2D eigenvalue weighted by molar-refractivity contribution is 5.87. The first-order valence-electron chi connectivity index (χ1n) is 20.0. The normalized spacial score (nSPS) is 42.1. The fraction of sp³-hybridized carbons (Fsp3) is 0.705. The molecule has 0 aromatic rings. The van der Waals surface area contributed by atoms with Gasteiger partial charge in [-0.15, -0.1) is 0 Å². The van der Waals surface area contributed by atoms with Crippen LogP contribution in [0.25, 0.3) is 0 Å². The zero-order valence-electron chi connectivity index (χ0n) is 35.5. The van der Waals surface area contributed by atoms with Crippen LogP contribution < -0.4 is 0 Å². The topological polar surface area (TPSA) is 163 Å². The summed E-state index contributed by atoms with van der Waals surface area (Å²) in [4.78, 5) is 13.8. The van der Waals surface area contributed by atoms with Gasteiger partial charge >= 0.3 is 5.97 Å². The van der Waals surface area contributed by atoms with Crippen molar-refractivity contribution in [1.82, 2.24) is 0 Å². The third-order valence-corrected chi connectivity index (χ3v) is 11.7. The molecule has 0 saturated carbocycles. The van der Waals surface area contributed by atoms with Crippen LogP contribution in [0.3, 0.4) is 0 Å². The molecule has 3 heterocycles. The Balaban J connectivity index is 2.04. The minimum absolute atomic E-state index is 0.0235. The maximum absolute atomic E-state index is 13.8. The second-order valence-corrected chi connectivity index (χ2v) is 16.1. The Hall–Kier alpha value is -2.65. The highest BCUT2D eigenvalue weighted by Crippen LogP contribution is 2.44. The van der Waals surface area contributed by atoms with E-state index in [-0.39, 0.29) is 36.4 Å². The van der Waals surface area contributed by atoms with Crippen molar-refractivity contribution in [1.29, 1.82) is 0 Å². The highest BCUT2D eigenvalue weighted by Gasteiger charge is 2.53. The third-order valence-electron chi connectivity index (χ3n) is 11.7. The molecule has 3 aliphatic rings. The van der Waals surface area contributed by atoms with Crippen LogP contribution in [0.15, 0.2) is 71.6 Å². The zero-order chi connectivity index (χ0) is 41.9. The van der Waals surface area contributed by atoms with Crippen LogP contribution in [-0.4, -0.2) is 115 Å². The van der Waals surface area contributed by atoms with E-state index in [4.69, 9.17) is 33.2 Å². The first-order valence-corrected chi connectivity index (χ1v) is 20.0. The highest BCUT2D eigenvalue weighted by atomic mass is 16.7. The molecule has 318 valence electrons. The molecule has 56 heavy (non-hydrogen) atoms. The summed E-state index contributed by atoms with van der Waals surface area (Å²) in [5, 5.41) is 44.1. The van der Waals surface area contributed by atoms with Crippen LogP contribution in [0, 0.1) is 29.6 Å². The van der Waals surface area contributed by atoms with Gasteiger partial charge in [-0.1, -0.05) is 94.4 Å². The SMILES string of the molecule is C/C=C/C=C/C1OC(OC)(C(C)C(O)C(C)C2OC(=O)/C(OC)=C\C(C)=C\C(C)C(O)C(C)C/C(C)=C/C=C\C2OC)CC(OC2CC(O)C(O)C(C)O2)C1C. The Bertz CT molecular complexity index is 1420. The second kappa shape index (κ2) is 21.9. The van der Waals surface area contributed by atoms with E-state index in [1.807, 2.05) is 91.0 Å². The van der Waals surface area contributed by atoms with Gasteiger partial charge in [-0.3, -0.25) is 0 Å². The number of aliphatic hydroxyl groups is 4. The lowest BCUT2D eigenvalue weighted by Crippen LogP contribution is -2.60. The van der Waals surface area contributed by atoms with Gasteiger partial charge in [0.25, 0.3) is 0 Å². The smallest absolute Gasteiger partial charge is 0.373 e. The van der Waals surface area contributed by atoms with Gasteiger partial charge in [-0.25, -0.2) is 4.79 Å². The van der Waals surface area contributed by atoms with Gasteiger partial charge in [0, 0.05) is 50.7 Å². The summed E-state index contributed by atoms with van der Waals surface area (Å²) in [6.07, 6.45) is 9.62. The molecular weight excluding hydrogens is 720 g/mol. The molecule has 3 aliphatic heterocycles. The second-order valence-electron chi connectivity index (χ2n) is 16.1. The molecule has 0 radical (unpaired) electrons. The van der Waals surface area contributed by atoms with Crippen LogP contribution in [0.2, 0.25) is 0 Å². The quantitative estimate of drug-likeness (QED) is 0.149. The van der Waals surface area contributed by atoms with Crippen LogP contribution in [0.4, 0.5) is 0 Å². The number of carbonyl (C=O) groups is 1. The molecule has 2 fully saturated rings. The Labute approximate surface area is 334 Å². The lowest BCUT2D eigenvalue weighted by Gasteiger charge is -2.51. The fourth-order valence-electron chi connectivity index (χ4n) is 8.05. The molecule has 3 rings (SSSR count). The summed E-state index contributed by atoms with van der Waals surface area (Å²) in [5.74, 6) is -4.01. The molecule has 0 aromatic heterocycles. The van der Waals surface area contributed by atoms with Crippen LogP contribution in [-0.2, 0) is 38.0 Å². The van der Waals surface area contributed by atoms with E-state index in [9.17, 15) is 25.2 Å². The average Bonchev–Trinajstić information content (AvgIpc) is 3.16. The lowest BCUT2D eigenvalue weighted by atomic mass is 9.77. The third kappa shape index (κ3) is 12.2. The summed E-state index contributed by atoms with van der Waals surface area (Å²) in [6, 6.07) is 0. The van der Waals surface area contributed by atoms with Crippen molar-refractivity contribution in [3.05, 3.63) is 71.6 Å². The first kappa shape index (κ1) is 47.7. The number of hydrogen-bond acceptors (Lipinski definition) is 12. The largest absolute Gasteiger partial charge is 0.490 e. The Kier molecular flexibility index (Phi) is 18.7. The van der Waals surface area contributed by atoms with Gasteiger partial charge in [0.1, 0.15) is 18.3 Å². The number of rotatable bonds is 11. The Morgan fingerprint density at radius 2 is 1.71 bits per heavy atom. The number of cyclic esters (lactones) is 1. The fourth-order valence-corrected chi connectivity index (χ4v) is 8.05. The summed E-state index contributed by atoms with van der Waals surface area (Å²) in [5.41, 5.74) is 1.77. The molecule has 16 unspecified atom stereocenters. The number of methoxy groups -OCH3 is 3. The summed E-state index contributed by atoms with van der Waals surface area (Å²) < 4.78 is 43.1.